The molecule has 4 nitrogen and oxygen atoms in total. The summed E-state index contributed by atoms with van der Waals surface area (Å²) >= 11 is 1.42. The smallest absolute Gasteiger partial charge is 0.202 e. The Kier molecular flexibility index (Phi) is 4.52. The number of rotatable bonds is 6. The molecule has 18 heavy (non-hydrogen) atoms. The van der Waals surface area contributed by atoms with Gasteiger partial charge in [-0.25, -0.2) is 4.98 Å². The monoisotopic (exact) mass is 263 g/mol. The third-order valence-electron chi connectivity index (χ3n) is 2.49. The zero-order chi connectivity index (χ0) is 12.8. The van der Waals surface area contributed by atoms with Crippen molar-refractivity contribution in [2.24, 2.45) is 0 Å². The van der Waals surface area contributed by atoms with Gasteiger partial charge in [-0.15, -0.1) is 0 Å². The topological polar surface area (TPSA) is 47.0 Å². The molecule has 1 aromatic carbocycles. The van der Waals surface area contributed by atoms with Crippen molar-refractivity contribution in [3.63, 3.8) is 0 Å². The molecule has 1 aromatic heterocycles. The van der Waals surface area contributed by atoms with Crippen LogP contribution in [0.1, 0.15) is 24.7 Å². The van der Waals surface area contributed by atoms with Crippen molar-refractivity contribution in [3.8, 4) is 5.75 Å². The molecule has 0 aliphatic heterocycles. The van der Waals surface area contributed by atoms with E-state index >= 15 is 0 Å². The zero-order valence-electron chi connectivity index (χ0n) is 10.6. The van der Waals surface area contributed by atoms with E-state index < -0.39 is 0 Å². The number of hydrogen-bond donors (Lipinski definition) is 1. The van der Waals surface area contributed by atoms with Gasteiger partial charge in [-0.05, 0) is 24.1 Å². The summed E-state index contributed by atoms with van der Waals surface area (Å²) in [6, 6.07) is 7.99. The third-order valence-corrected chi connectivity index (χ3v) is 3.20. The largest absolute Gasteiger partial charge is 0.497 e. The second-order valence-electron chi connectivity index (χ2n) is 3.97. The molecule has 0 spiro atoms. The van der Waals surface area contributed by atoms with Crippen LogP contribution in [-0.4, -0.2) is 23.0 Å². The van der Waals surface area contributed by atoms with Gasteiger partial charge in [0, 0.05) is 24.5 Å². The lowest BCUT2D eigenvalue weighted by atomic mass is 10.1. The van der Waals surface area contributed by atoms with Crippen molar-refractivity contribution in [3.05, 3.63) is 35.7 Å². The Morgan fingerprint density at radius 1 is 1.39 bits per heavy atom. The molecular weight excluding hydrogens is 246 g/mol. The molecule has 0 radical (unpaired) electrons. The van der Waals surface area contributed by atoms with Gasteiger partial charge in [0.05, 0.1) is 7.11 Å². The average molecular weight is 263 g/mol. The van der Waals surface area contributed by atoms with Crippen molar-refractivity contribution in [1.82, 2.24) is 9.36 Å². The molecule has 96 valence electrons. The van der Waals surface area contributed by atoms with Crippen LogP contribution in [0, 0.1) is 0 Å². The van der Waals surface area contributed by atoms with E-state index in [0.717, 1.165) is 41.7 Å². The fourth-order valence-electron chi connectivity index (χ4n) is 1.59. The highest BCUT2D eigenvalue weighted by Gasteiger charge is 2.05. The quantitative estimate of drug-likeness (QED) is 0.870. The molecule has 1 N–H and O–H groups in total. The number of hydrogen-bond acceptors (Lipinski definition) is 5. The molecule has 0 unspecified atom stereocenters. The third kappa shape index (κ3) is 3.43. The van der Waals surface area contributed by atoms with Gasteiger partial charge < -0.3 is 10.1 Å². The Hall–Kier alpha value is -1.62. The highest BCUT2D eigenvalue weighted by molar-refractivity contribution is 7.09. The first-order valence-electron chi connectivity index (χ1n) is 6.01. The highest BCUT2D eigenvalue weighted by atomic mass is 32.1. The molecule has 0 aliphatic rings. The van der Waals surface area contributed by atoms with E-state index in [0.29, 0.717) is 0 Å². The molecule has 5 heteroatoms. The standard InChI is InChI=1S/C13H17N3OS/c1-3-7-14-13-15-12(16-18-13)9-10-5-4-6-11(8-10)17-2/h4-6,8H,3,7,9H2,1-2H3,(H,14,15,16). The molecule has 0 saturated heterocycles. The first-order valence-corrected chi connectivity index (χ1v) is 6.78. The van der Waals surface area contributed by atoms with Gasteiger partial charge in [-0.2, -0.15) is 4.37 Å². The van der Waals surface area contributed by atoms with Gasteiger partial charge in [0.25, 0.3) is 0 Å². The van der Waals surface area contributed by atoms with E-state index in [2.05, 4.69) is 27.7 Å². The van der Waals surface area contributed by atoms with Gasteiger partial charge in [0.2, 0.25) is 5.13 Å². The highest BCUT2D eigenvalue weighted by Crippen LogP contribution is 2.17. The summed E-state index contributed by atoms with van der Waals surface area (Å²) in [6.07, 6.45) is 1.83. The van der Waals surface area contributed by atoms with Crippen LogP contribution in [-0.2, 0) is 6.42 Å². The van der Waals surface area contributed by atoms with Gasteiger partial charge in [0.15, 0.2) is 0 Å². The van der Waals surface area contributed by atoms with Crippen molar-refractivity contribution in [1.29, 1.82) is 0 Å². The minimum Gasteiger partial charge on any atom is -0.497 e. The summed E-state index contributed by atoms with van der Waals surface area (Å²) in [5.74, 6) is 1.72. The Labute approximate surface area is 111 Å². The van der Waals surface area contributed by atoms with Crippen molar-refractivity contribution in [2.75, 3.05) is 19.0 Å². The number of methoxy groups -OCH3 is 1. The number of benzene rings is 1. The molecule has 0 atom stereocenters. The zero-order valence-corrected chi connectivity index (χ0v) is 11.5. The van der Waals surface area contributed by atoms with Gasteiger partial charge in [-0.1, -0.05) is 19.1 Å². The maximum absolute atomic E-state index is 5.20. The summed E-state index contributed by atoms with van der Waals surface area (Å²) in [6.45, 7) is 3.07. The van der Waals surface area contributed by atoms with E-state index in [1.807, 2.05) is 18.2 Å². The van der Waals surface area contributed by atoms with Crippen LogP contribution in [0.3, 0.4) is 0 Å². The van der Waals surface area contributed by atoms with Crippen LogP contribution in [0.15, 0.2) is 24.3 Å². The predicted octanol–water partition coefficient (Wildman–Crippen LogP) is 2.96. The number of anilines is 1. The summed E-state index contributed by atoms with van der Waals surface area (Å²) in [5.41, 5.74) is 1.16. The number of ether oxygens (including phenoxy) is 1. The van der Waals surface area contributed by atoms with E-state index in [4.69, 9.17) is 4.74 Å². The predicted molar refractivity (Wildman–Crippen MR) is 74.5 cm³/mol. The molecule has 0 saturated carbocycles. The SMILES string of the molecule is CCCNc1nc(Cc2cccc(OC)c2)ns1. The maximum Gasteiger partial charge on any atom is 0.202 e. The van der Waals surface area contributed by atoms with Crippen LogP contribution in [0.25, 0.3) is 0 Å². The first kappa shape index (κ1) is 12.8. The fourth-order valence-corrected chi connectivity index (χ4v) is 2.20. The second kappa shape index (κ2) is 6.35. The molecule has 0 bridgehead atoms. The summed E-state index contributed by atoms with van der Waals surface area (Å²) in [5, 5.41) is 4.14. The lowest BCUT2D eigenvalue weighted by molar-refractivity contribution is 0.414. The molecule has 0 aliphatic carbocycles. The summed E-state index contributed by atoms with van der Waals surface area (Å²) in [7, 11) is 1.67. The summed E-state index contributed by atoms with van der Waals surface area (Å²) in [4.78, 5) is 4.45. The Morgan fingerprint density at radius 3 is 3.06 bits per heavy atom. The second-order valence-corrected chi connectivity index (χ2v) is 4.72. The van der Waals surface area contributed by atoms with Gasteiger partial charge in [0.1, 0.15) is 11.6 Å². The lowest BCUT2D eigenvalue weighted by Crippen LogP contribution is -1.99. The Bertz CT molecular complexity index is 498. The van der Waals surface area contributed by atoms with Crippen molar-refractivity contribution in [2.45, 2.75) is 19.8 Å². The van der Waals surface area contributed by atoms with E-state index in [1.165, 1.54) is 11.5 Å². The molecule has 0 fully saturated rings. The average Bonchev–Trinajstić information content (AvgIpc) is 2.84. The minimum atomic E-state index is 0.738. The van der Waals surface area contributed by atoms with Gasteiger partial charge in [-0.3, -0.25) is 0 Å². The number of nitrogens with one attached hydrogen (secondary N) is 1. The lowest BCUT2D eigenvalue weighted by Gasteiger charge is -2.02. The Balaban J connectivity index is 2.01. The molecule has 2 rings (SSSR count). The van der Waals surface area contributed by atoms with Crippen molar-refractivity contribution >= 4 is 16.7 Å². The fraction of sp³-hybridized carbons (Fsp3) is 0.385. The Morgan fingerprint density at radius 2 is 2.28 bits per heavy atom. The van der Waals surface area contributed by atoms with Crippen LogP contribution < -0.4 is 10.1 Å². The van der Waals surface area contributed by atoms with Crippen LogP contribution in [0.5, 0.6) is 5.75 Å². The number of nitrogens with zero attached hydrogens (tertiary/aromatic N) is 2. The van der Waals surface area contributed by atoms with Crippen LogP contribution in [0.2, 0.25) is 0 Å². The summed E-state index contributed by atoms with van der Waals surface area (Å²) < 4.78 is 9.55. The molecule has 1 heterocycles. The van der Waals surface area contributed by atoms with Gasteiger partial charge >= 0.3 is 0 Å². The minimum absolute atomic E-state index is 0.738. The van der Waals surface area contributed by atoms with E-state index in [1.54, 1.807) is 7.11 Å². The van der Waals surface area contributed by atoms with Crippen molar-refractivity contribution < 1.29 is 4.74 Å². The molecule has 0 amide bonds. The number of aromatic nitrogens is 2. The first-order chi connectivity index (χ1) is 8.81. The molecule has 2 aromatic rings. The van der Waals surface area contributed by atoms with E-state index in [-0.39, 0.29) is 0 Å². The maximum atomic E-state index is 5.20. The van der Waals surface area contributed by atoms with E-state index in [9.17, 15) is 0 Å². The van der Waals surface area contributed by atoms with Crippen LogP contribution in [0.4, 0.5) is 5.13 Å². The molecular formula is C13H17N3OS. The van der Waals surface area contributed by atoms with Crippen LogP contribution >= 0.6 is 11.5 Å². The normalized spacial score (nSPS) is 10.3.